The number of carbonyl (C=O) groups is 2. The molecule has 1 aliphatic rings. The second-order valence-electron chi connectivity index (χ2n) is 5.76. The smallest absolute Gasteiger partial charge is 0.315 e. The van der Waals surface area contributed by atoms with Gasteiger partial charge in [0.15, 0.2) is 0 Å². The van der Waals surface area contributed by atoms with Crippen molar-refractivity contribution in [3.8, 4) is 0 Å². The van der Waals surface area contributed by atoms with E-state index in [4.69, 9.17) is 0 Å². The molecule has 0 aromatic heterocycles. The molecule has 0 bridgehead atoms. The molecule has 1 aliphatic carbocycles. The molecule has 3 N–H and O–H groups in total. The van der Waals surface area contributed by atoms with Crippen molar-refractivity contribution < 1.29 is 14.0 Å². The molecule has 3 amide bonds. The highest BCUT2D eigenvalue weighted by Crippen LogP contribution is 2.18. The van der Waals surface area contributed by atoms with Gasteiger partial charge >= 0.3 is 6.03 Å². The first-order chi connectivity index (χ1) is 11.6. The minimum absolute atomic E-state index is 0.182. The van der Waals surface area contributed by atoms with Gasteiger partial charge in [-0.05, 0) is 54.8 Å². The van der Waals surface area contributed by atoms with E-state index < -0.39 is 0 Å². The quantitative estimate of drug-likeness (QED) is 0.790. The predicted octanol–water partition coefficient (Wildman–Crippen LogP) is 3.04. The number of rotatable bonds is 5. The molecule has 0 heterocycles. The van der Waals surface area contributed by atoms with Crippen molar-refractivity contribution in [2.45, 2.75) is 25.4 Å². The second-order valence-corrected chi connectivity index (χ2v) is 5.76. The molecule has 0 atom stereocenters. The molecular formula is C18H18FN3O2. The Kier molecular flexibility index (Phi) is 4.74. The third-order valence-electron chi connectivity index (χ3n) is 3.66. The summed E-state index contributed by atoms with van der Waals surface area (Å²) in [6, 6.07) is 12.7. The molecule has 0 radical (unpaired) electrons. The standard InChI is InChI=1S/C18H18FN3O2/c19-14-6-4-13(5-7-14)17(23)21-16-3-1-2-12(10-16)11-20-18(24)22-15-8-9-15/h1-7,10,15H,8-9,11H2,(H,21,23)(H2,20,22,24). The van der Waals surface area contributed by atoms with E-state index in [0.29, 0.717) is 23.8 Å². The van der Waals surface area contributed by atoms with Crippen molar-refractivity contribution in [2.24, 2.45) is 0 Å². The first-order valence-electron chi connectivity index (χ1n) is 7.80. The highest BCUT2D eigenvalue weighted by molar-refractivity contribution is 6.04. The minimum Gasteiger partial charge on any atom is -0.335 e. The van der Waals surface area contributed by atoms with Gasteiger partial charge in [-0.2, -0.15) is 0 Å². The van der Waals surface area contributed by atoms with Crippen molar-refractivity contribution in [2.75, 3.05) is 5.32 Å². The summed E-state index contributed by atoms with van der Waals surface area (Å²) in [4.78, 5) is 23.7. The number of urea groups is 1. The van der Waals surface area contributed by atoms with Gasteiger partial charge in [-0.15, -0.1) is 0 Å². The number of carbonyl (C=O) groups excluding carboxylic acids is 2. The number of hydrogen-bond acceptors (Lipinski definition) is 2. The largest absolute Gasteiger partial charge is 0.335 e. The lowest BCUT2D eigenvalue weighted by molar-refractivity contribution is 0.102. The lowest BCUT2D eigenvalue weighted by atomic mass is 10.1. The monoisotopic (exact) mass is 327 g/mol. The Labute approximate surface area is 139 Å². The Hall–Kier alpha value is -2.89. The average molecular weight is 327 g/mol. The van der Waals surface area contributed by atoms with Gasteiger partial charge in [0, 0.05) is 23.8 Å². The van der Waals surface area contributed by atoms with Gasteiger partial charge < -0.3 is 16.0 Å². The highest BCUT2D eigenvalue weighted by Gasteiger charge is 2.22. The van der Waals surface area contributed by atoms with E-state index in [9.17, 15) is 14.0 Å². The molecule has 2 aromatic rings. The van der Waals surface area contributed by atoms with Crippen molar-refractivity contribution >= 4 is 17.6 Å². The number of anilines is 1. The van der Waals surface area contributed by atoms with Crippen LogP contribution >= 0.6 is 0 Å². The van der Waals surface area contributed by atoms with E-state index >= 15 is 0 Å². The summed E-state index contributed by atoms with van der Waals surface area (Å²) < 4.78 is 12.9. The highest BCUT2D eigenvalue weighted by atomic mass is 19.1. The molecule has 3 rings (SSSR count). The van der Waals surface area contributed by atoms with Crippen LogP contribution in [0.3, 0.4) is 0 Å². The van der Waals surface area contributed by atoms with Crippen LogP contribution in [0.1, 0.15) is 28.8 Å². The fourth-order valence-corrected chi connectivity index (χ4v) is 2.21. The average Bonchev–Trinajstić information content (AvgIpc) is 3.38. The lowest BCUT2D eigenvalue weighted by Crippen LogP contribution is -2.36. The van der Waals surface area contributed by atoms with E-state index in [1.54, 1.807) is 18.2 Å². The number of benzene rings is 2. The molecule has 6 heteroatoms. The summed E-state index contributed by atoms with van der Waals surface area (Å²) in [5.41, 5.74) is 1.87. The third-order valence-corrected chi connectivity index (χ3v) is 3.66. The molecule has 0 unspecified atom stereocenters. The first-order valence-corrected chi connectivity index (χ1v) is 7.80. The number of nitrogens with one attached hydrogen (secondary N) is 3. The summed E-state index contributed by atoms with van der Waals surface area (Å²) in [6.45, 7) is 0.374. The Balaban J connectivity index is 1.56. The van der Waals surface area contributed by atoms with Crippen molar-refractivity contribution in [1.29, 1.82) is 0 Å². The molecule has 2 aromatic carbocycles. The first kappa shape index (κ1) is 16.0. The van der Waals surface area contributed by atoms with Gasteiger partial charge in [0.2, 0.25) is 0 Å². The predicted molar refractivity (Wildman–Crippen MR) is 89.2 cm³/mol. The van der Waals surface area contributed by atoms with Crippen molar-refractivity contribution in [1.82, 2.24) is 10.6 Å². The van der Waals surface area contributed by atoms with E-state index in [-0.39, 0.29) is 17.8 Å². The SMILES string of the molecule is O=C(NCc1cccc(NC(=O)c2ccc(F)cc2)c1)NC1CC1. The number of amides is 3. The molecule has 0 aliphatic heterocycles. The maximum atomic E-state index is 12.9. The molecule has 1 saturated carbocycles. The molecule has 124 valence electrons. The summed E-state index contributed by atoms with van der Waals surface area (Å²) in [5.74, 6) is -0.698. The molecule has 5 nitrogen and oxygen atoms in total. The van der Waals surface area contributed by atoms with Crippen LogP contribution in [0.25, 0.3) is 0 Å². The van der Waals surface area contributed by atoms with E-state index in [1.165, 1.54) is 24.3 Å². The normalized spacial score (nSPS) is 13.2. The van der Waals surface area contributed by atoms with Crippen LogP contribution in [0.5, 0.6) is 0 Å². The van der Waals surface area contributed by atoms with Gasteiger partial charge in [0.1, 0.15) is 5.82 Å². The van der Waals surface area contributed by atoms with E-state index in [2.05, 4.69) is 16.0 Å². The zero-order chi connectivity index (χ0) is 16.9. The Morgan fingerprint density at radius 3 is 2.54 bits per heavy atom. The van der Waals surface area contributed by atoms with Crippen molar-refractivity contribution in [3.05, 3.63) is 65.5 Å². The molecule has 24 heavy (non-hydrogen) atoms. The summed E-state index contributed by atoms with van der Waals surface area (Å²) in [7, 11) is 0. The molecule has 1 fully saturated rings. The van der Waals surface area contributed by atoms with Gasteiger partial charge in [-0.25, -0.2) is 9.18 Å². The third kappa shape index (κ3) is 4.55. The Morgan fingerprint density at radius 2 is 1.83 bits per heavy atom. The molecule has 0 saturated heterocycles. The maximum absolute atomic E-state index is 12.9. The van der Waals surface area contributed by atoms with Crippen molar-refractivity contribution in [3.63, 3.8) is 0 Å². The van der Waals surface area contributed by atoms with Gasteiger partial charge in [0.25, 0.3) is 5.91 Å². The topological polar surface area (TPSA) is 70.2 Å². The zero-order valence-corrected chi connectivity index (χ0v) is 13.0. The van der Waals surface area contributed by atoms with Crippen LogP contribution in [-0.4, -0.2) is 18.0 Å². The van der Waals surface area contributed by atoms with Crippen LogP contribution in [0.4, 0.5) is 14.9 Å². The van der Waals surface area contributed by atoms with Gasteiger partial charge in [-0.1, -0.05) is 12.1 Å². The second kappa shape index (κ2) is 7.12. The van der Waals surface area contributed by atoms with Crippen LogP contribution in [0.2, 0.25) is 0 Å². The van der Waals surface area contributed by atoms with Gasteiger partial charge in [0.05, 0.1) is 0 Å². The Morgan fingerprint density at radius 1 is 1.08 bits per heavy atom. The number of hydrogen-bond donors (Lipinski definition) is 3. The Bertz CT molecular complexity index is 742. The van der Waals surface area contributed by atoms with Crippen LogP contribution < -0.4 is 16.0 Å². The maximum Gasteiger partial charge on any atom is 0.315 e. The fraction of sp³-hybridized carbons (Fsp3) is 0.222. The summed E-state index contributed by atoms with van der Waals surface area (Å²) in [6.07, 6.45) is 2.08. The fourth-order valence-electron chi connectivity index (χ4n) is 2.21. The van der Waals surface area contributed by atoms with Crippen LogP contribution in [0.15, 0.2) is 48.5 Å². The molecular weight excluding hydrogens is 309 g/mol. The number of halogens is 1. The summed E-state index contributed by atoms with van der Waals surface area (Å²) in [5, 5.41) is 8.39. The van der Waals surface area contributed by atoms with Gasteiger partial charge in [-0.3, -0.25) is 4.79 Å². The zero-order valence-electron chi connectivity index (χ0n) is 13.0. The van der Waals surface area contributed by atoms with E-state index in [1.807, 2.05) is 6.07 Å². The van der Waals surface area contributed by atoms with Crippen LogP contribution in [-0.2, 0) is 6.54 Å². The minimum atomic E-state index is -0.385. The summed E-state index contributed by atoms with van der Waals surface area (Å²) >= 11 is 0. The molecule has 0 spiro atoms. The van der Waals surface area contributed by atoms with Crippen LogP contribution in [0, 0.1) is 5.82 Å². The van der Waals surface area contributed by atoms with E-state index in [0.717, 1.165) is 18.4 Å². The lowest BCUT2D eigenvalue weighted by Gasteiger charge is -2.09.